The van der Waals surface area contributed by atoms with Gasteiger partial charge in [0.1, 0.15) is 5.76 Å². The summed E-state index contributed by atoms with van der Waals surface area (Å²) in [6, 6.07) is 4.07. The van der Waals surface area contributed by atoms with E-state index < -0.39 is 0 Å². The number of amides is 1. The maximum atomic E-state index is 12.2. The van der Waals surface area contributed by atoms with Gasteiger partial charge in [0, 0.05) is 19.0 Å². The molecule has 0 saturated carbocycles. The van der Waals surface area contributed by atoms with Gasteiger partial charge in [-0.3, -0.25) is 4.79 Å². The van der Waals surface area contributed by atoms with Gasteiger partial charge in [-0.15, -0.1) is 0 Å². The molecule has 1 N–H and O–H groups in total. The number of nitrogens with zero attached hydrogens (tertiary/aromatic N) is 1. The Morgan fingerprint density at radius 1 is 1.61 bits per heavy atom. The average molecular weight is 250 g/mol. The molecule has 2 heterocycles. The second-order valence-electron chi connectivity index (χ2n) is 4.96. The van der Waals surface area contributed by atoms with Gasteiger partial charge in [-0.25, -0.2) is 0 Å². The van der Waals surface area contributed by atoms with E-state index >= 15 is 0 Å². The van der Waals surface area contributed by atoms with E-state index in [0.717, 1.165) is 38.1 Å². The molecule has 1 aromatic heterocycles. The van der Waals surface area contributed by atoms with Gasteiger partial charge in [-0.2, -0.15) is 0 Å². The van der Waals surface area contributed by atoms with E-state index in [1.165, 1.54) is 0 Å². The SMILES string of the molecule is CCCNC1CCN(C(C)Cc2ccco2)C1=O. The Bertz CT molecular complexity index is 375. The molecule has 1 saturated heterocycles. The highest BCUT2D eigenvalue weighted by atomic mass is 16.3. The van der Waals surface area contributed by atoms with Gasteiger partial charge in [0.05, 0.1) is 12.3 Å². The Morgan fingerprint density at radius 2 is 2.44 bits per heavy atom. The molecule has 100 valence electrons. The lowest BCUT2D eigenvalue weighted by molar-refractivity contribution is -0.131. The van der Waals surface area contributed by atoms with Crippen molar-refractivity contribution < 1.29 is 9.21 Å². The fraction of sp³-hybridized carbons (Fsp3) is 0.643. The monoisotopic (exact) mass is 250 g/mol. The first-order chi connectivity index (χ1) is 8.72. The second-order valence-corrected chi connectivity index (χ2v) is 4.96. The molecule has 0 spiro atoms. The Labute approximate surface area is 108 Å². The molecule has 1 amide bonds. The van der Waals surface area contributed by atoms with Crippen LogP contribution in [0.15, 0.2) is 22.8 Å². The lowest BCUT2D eigenvalue weighted by Crippen LogP contribution is -2.42. The molecule has 2 rings (SSSR count). The van der Waals surface area contributed by atoms with Crippen molar-refractivity contribution in [1.29, 1.82) is 0 Å². The molecule has 0 radical (unpaired) electrons. The largest absolute Gasteiger partial charge is 0.469 e. The van der Waals surface area contributed by atoms with Crippen LogP contribution in [0.3, 0.4) is 0 Å². The highest BCUT2D eigenvalue weighted by Crippen LogP contribution is 2.17. The van der Waals surface area contributed by atoms with Crippen molar-refractivity contribution in [2.75, 3.05) is 13.1 Å². The molecule has 1 aromatic rings. The number of carbonyl (C=O) groups excluding carboxylic acids is 1. The smallest absolute Gasteiger partial charge is 0.240 e. The van der Waals surface area contributed by atoms with Gasteiger partial charge in [-0.1, -0.05) is 6.92 Å². The van der Waals surface area contributed by atoms with Crippen molar-refractivity contribution in [3.05, 3.63) is 24.2 Å². The fourth-order valence-corrected chi connectivity index (χ4v) is 2.48. The Kier molecular flexibility index (Phi) is 4.42. The van der Waals surface area contributed by atoms with Gasteiger partial charge >= 0.3 is 0 Å². The minimum atomic E-state index is 0.0176. The first-order valence-electron chi connectivity index (χ1n) is 6.78. The zero-order chi connectivity index (χ0) is 13.0. The van der Waals surface area contributed by atoms with Gasteiger partial charge in [0.15, 0.2) is 0 Å². The van der Waals surface area contributed by atoms with Crippen molar-refractivity contribution in [3.63, 3.8) is 0 Å². The highest BCUT2D eigenvalue weighted by Gasteiger charge is 2.33. The van der Waals surface area contributed by atoms with Crippen molar-refractivity contribution in [3.8, 4) is 0 Å². The fourth-order valence-electron chi connectivity index (χ4n) is 2.48. The number of likely N-dealkylation sites (tertiary alicyclic amines) is 1. The molecule has 2 atom stereocenters. The van der Waals surface area contributed by atoms with Crippen LogP contribution >= 0.6 is 0 Å². The Morgan fingerprint density at radius 3 is 3.11 bits per heavy atom. The van der Waals surface area contributed by atoms with Gasteiger partial charge in [-0.05, 0) is 38.4 Å². The summed E-state index contributed by atoms with van der Waals surface area (Å²) in [6.07, 6.45) is 4.45. The van der Waals surface area contributed by atoms with Crippen LogP contribution in [0.25, 0.3) is 0 Å². The standard InChI is InChI=1S/C14H22N2O2/c1-3-7-15-13-6-8-16(14(13)17)11(2)10-12-5-4-9-18-12/h4-5,9,11,13,15H,3,6-8,10H2,1-2H3. The summed E-state index contributed by atoms with van der Waals surface area (Å²) in [7, 11) is 0. The lowest BCUT2D eigenvalue weighted by atomic mass is 10.1. The summed E-state index contributed by atoms with van der Waals surface area (Å²) < 4.78 is 5.34. The third kappa shape index (κ3) is 2.93. The number of hydrogen-bond acceptors (Lipinski definition) is 3. The highest BCUT2D eigenvalue weighted by molar-refractivity contribution is 5.84. The van der Waals surface area contributed by atoms with E-state index in [-0.39, 0.29) is 18.0 Å². The van der Waals surface area contributed by atoms with Gasteiger partial charge in [0.25, 0.3) is 0 Å². The number of furan rings is 1. The molecule has 0 bridgehead atoms. The van der Waals surface area contributed by atoms with E-state index in [0.29, 0.717) is 0 Å². The first kappa shape index (κ1) is 13.1. The van der Waals surface area contributed by atoms with E-state index in [1.54, 1.807) is 6.26 Å². The molecule has 18 heavy (non-hydrogen) atoms. The van der Waals surface area contributed by atoms with Crippen LogP contribution in [0.5, 0.6) is 0 Å². The van der Waals surface area contributed by atoms with Gasteiger partial charge in [0.2, 0.25) is 5.91 Å². The number of carbonyl (C=O) groups is 1. The third-order valence-electron chi connectivity index (χ3n) is 3.49. The third-order valence-corrected chi connectivity index (χ3v) is 3.49. The van der Waals surface area contributed by atoms with Crippen molar-refractivity contribution in [1.82, 2.24) is 10.2 Å². The van der Waals surface area contributed by atoms with E-state index in [2.05, 4.69) is 19.2 Å². The summed E-state index contributed by atoms with van der Waals surface area (Å²) in [5.74, 6) is 1.18. The Hall–Kier alpha value is -1.29. The average Bonchev–Trinajstić information content (AvgIpc) is 2.97. The molecule has 1 aliphatic heterocycles. The van der Waals surface area contributed by atoms with Crippen LogP contribution in [-0.2, 0) is 11.2 Å². The molecule has 4 nitrogen and oxygen atoms in total. The van der Waals surface area contributed by atoms with Crippen molar-refractivity contribution in [2.45, 2.75) is 45.2 Å². The van der Waals surface area contributed by atoms with E-state index in [9.17, 15) is 4.79 Å². The van der Waals surface area contributed by atoms with Gasteiger partial charge < -0.3 is 14.6 Å². The molecular weight excluding hydrogens is 228 g/mol. The summed E-state index contributed by atoms with van der Waals surface area (Å²) >= 11 is 0. The maximum Gasteiger partial charge on any atom is 0.240 e. The van der Waals surface area contributed by atoms with Crippen LogP contribution in [0.1, 0.15) is 32.4 Å². The predicted molar refractivity (Wildman–Crippen MR) is 70.3 cm³/mol. The lowest BCUT2D eigenvalue weighted by Gasteiger charge is -2.24. The second kappa shape index (κ2) is 6.05. The Balaban J connectivity index is 1.88. The summed E-state index contributed by atoms with van der Waals surface area (Å²) in [6.45, 7) is 5.96. The van der Waals surface area contributed by atoms with Crippen LogP contribution < -0.4 is 5.32 Å². The number of nitrogens with one attached hydrogen (secondary N) is 1. The topological polar surface area (TPSA) is 45.5 Å². The van der Waals surface area contributed by atoms with E-state index in [1.807, 2.05) is 17.0 Å². The predicted octanol–water partition coefficient (Wildman–Crippen LogP) is 1.81. The molecule has 0 aromatic carbocycles. The normalized spacial score (nSPS) is 21.6. The van der Waals surface area contributed by atoms with Crippen LogP contribution in [0, 0.1) is 0 Å². The molecule has 1 fully saturated rings. The molecule has 2 unspecified atom stereocenters. The number of rotatable bonds is 6. The van der Waals surface area contributed by atoms with Crippen LogP contribution in [0.2, 0.25) is 0 Å². The zero-order valence-corrected chi connectivity index (χ0v) is 11.2. The summed E-state index contributed by atoms with van der Waals surface area (Å²) in [5.41, 5.74) is 0. The summed E-state index contributed by atoms with van der Waals surface area (Å²) in [5, 5.41) is 3.31. The maximum absolute atomic E-state index is 12.2. The minimum Gasteiger partial charge on any atom is -0.469 e. The minimum absolute atomic E-state index is 0.0176. The quantitative estimate of drug-likeness (QED) is 0.837. The van der Waals surface area contributed by atoms with Crippen molar-refractivity contribution in [2.24, 2.45) is 0 Å². The van der Waals surface area contributed by atoms with E-state index in [4.69, 9.17) is 4.42 Å². The zero-order valence-electron chi connectivity index (χ0n) is 11.2. The first-order valence-corrected chi connectivity index (χ1v) is 6.78. The molecular formula is C14H22N2O2. The number of hydrogen-bond donors (Lipinski definition) is 1. The molecule has 0 aliphatic carbocycles. The van der Waals surface area contributed by atoms with Crippen molar-refractivity contribution >= 4 is 5.91 Å². The van der Waals surface area contributed by atoms with Crippen LogP contribution in [-0.4, -0.2) is 36.0 Å². The molecule has 1 aliphatic rings. The molecule has 4 heteroatoms. The summed E-state index contributed by atoms with van der Waals surface area (Å²) in [4.78, 5) is 14.2. The van der Waals surface area contributed by atoms with Crippen LogP contribution in [0.4, 0.5) is 0 Å².